The van der Waals surface area contributed by atoms with Crippen LogP contribution in [0.25, 0.3) is 0 Å². The third-order valence-electron chi connectivity index (χ3n) is 4.39. The Hall–Kier alpha value is -2.67. The van der Waals surface area contributed by atoms with E-state index >= 15 is 0 Å². The highest BCUT2D eigenvalue weighted by molar-refractivity contribution is 14.1. The molecule has 0 N–H and O–H groups in total. The number of rotatable bonds is 7. The Balaban J connectivity index is 1.49. The summed E-state index contributed by atoms with van der Waals surface area (Å²) in [5.41, 5.74) is 3.24. The van der Waals surface area contributed by atoms with Crippen LogP contribution in [0.1, 0.15) is 38.3 Å². The second-order valence-corrected chi connectivity index (χ2v) is 7.77. The molecule has 29 heavy (non-hydrogen) atoms. The minimum atomic E-state index is -0.431. The number of aryl methyl sites for hydroxylation is 2. The summed E-state index contributed by atoms with van der Waals surface area (Å²) in [5.74, 6) is -0.436. The van der Waals surface area contributed by atoms with Gasteiger partial charge in [-0.25, -0.2) is 9.59 Å². The normalized spacial score (nSPS) is 10.4. The summed E-state index contributed by atoms with van der Waals surface area (Å²) in [6, 6.07) is 21.9. The average molecular weight is 500 g/mol. The first-order chi connectivity index (χ1) is 14.0. The van der Waals surface area contributed by atoms with Gasteiger partial charge in [-0.05, 0) is 89.9 Å². The van der Waals surface area contributed by atoms with E-state index in [4.69, 9.17) is 9.47 Å². The molecule has 0 fully saturated rings. The smallest absolute Gasteiger partial charge is 0.343 e. The lowest BCUT2D eigenvalue weighted by Gasteiger charge is -2.08. The third-order valence-corrected chi connectivity index (χ3v) is 5.56. The van der Waals surface area contributed by atoms with Crippen LogP contribution in [0.3, 0.4) is 0 Å². The summed E-state index contributed by atoms with van der Waals surface area (Å²) in [4.78, 5) is 24.4. The first-order valence-corrected chi connectivity index (χ1v) is 10.4. The number of ether oxygens (including phenoxy) is 2. The van der Waals surface area contributed by atoms with E-state index in [1.807, 2.05) is 31.2 Å². The molecule has 0 aliphatic rings. The Morgan fingerprint density at radius 3 is 2.24 bits per heavy atom. The van der Waals surface area contributed by atoms with Crippen LogP contribution in [-0.2, 0) is 11.2 Å². The second-order valence-electron chi connectivity index (χ2n) is 6.60. The van der Waals surface area contributed by atoms with Crippen molar-refractivity contribution in [1.29, 1.82) is 0 Å². The van der Waals surface area contributed by atoms with Gasteiger partial charge >= 0.3 is 11.9 Å². The monoisotopic (exact) mass is 500 g/mol. The van der Waals surface area contributed by atoms with Gasteiger partial charge < -0.3 is 9.47 Å². The standard InChI is InChI=1S/C24H21IO4/c1-17-9-10-20(16-22(17)25)24(27)29-21-13-11-19(12-14-21)23(26)28-15-5-8-18-6-3-2-4-7-18/h2-4,6-7,9-14,16H,5,8,15H2,1H3. The molecule has 3 aromatic rings. The average Bonchev–Trinajstić information content (AvgIpc) is 2.74. The molecule has 0 aromatic heterocycles. The highest BCUT2D eigenvalue weighted by atomic mass is 127. The van der Waals surface area contributed by atoms with E-state index in [9.17, 15) is 9.59 Å². The maximum atomic E-state index is 12.3. The van der Waals surface area contributed by atoms with Gasteiger partial charge in [-0.1, -0.05) is 36.4 Å². The molecule has 3 rings (SSSR count). The van der Waals surface area contributed by atoms with Crippen LogP contribution < -0.4 is 4.74 Å². The summed E-state index contributed by atoms with van der Waals surface area (Å²) in [7, 11) is 0. The van der Waals surface area contributed by atoms with E-state index in [-0.39, 0.29) is 5.97 Å². The summed E-state index contributed by atoms with van der Waals surface area (Å²) in [6.45, 7) is 2.34. The minimum absolute atomic E-state index is 0.358. The Kier molecular flexibility index (Phi) is 7.41. The molecule has 0 atom stereocenters. The van der Waals surface area contributed by atoms with Gasteiger partial charge in [0.15, 0.2) is 0 Å². The Morgan fingerprint density at radius 1 is 0.862 bits per heavy atom. The number of benzene rings is 3. The number of hydrogen-bond acceptors (Lipinski definition) is 4. The van der Waals surface area contributed by atoms with Crippen LogP contribution in [0.4, 0.5) is 0 Å². The lowest BCUT2D eigenvalue weighted by molar-refractivity contribution is 0.0500. The van der Waals surface area contributed by atoms with E-state index in [0.717, 1.165) is 22.0 Å². The van der Waals surface area contributed by atoms with Crippen molar-refractivity contribution in [3.8, 4) is 5.75 Å². The molecule has 0 aliphatic heterocycles. The molecule has 5 heteroatoms. The maximum absolute atomic E-state index is 12.3. The number of carbonyl (C=O) groups is 2. The molecule has 0 radical (unpaired) electrons. The number of halogens is 1. The third kappa shape index (κ3) is 6.15. The van der Waals surface area contributed by atoms with Crippen molar-refractivity contribution in [2.24, 2.45) is 0 Å². The molecule has 0 saturated heterocycles. The van der Waals surface area contributed by atoms with Gasteiger partial charge in [-0.2, -0.15) is 0 Å². The molecule has 3 aromatic carbocycles. The molecule has 0 amide bonds. The predicted octanol–water partition coefficient (Wildman–Crippen LogP) is 5.61. The van der Waals surface area contributed by atoms with Gasteiger partial charge in [0, 0.05) is 3.57 Å². The van der Waals surface area contributed by atoms with Gasteiger partial charge in [0.05, 0.1) is 17.7 Å². The Labute approximate surface area is 184 Å². The Morgan fingerprint density at radius 2 is 1.55 bits per heavy atom. The fraction of sp³-hybridized carbons (Fsp3) is 0.167. The maximum Gasteiger partial charge on any atom is 0.343 e. The fourth-order valence-corrected chi connectivity index (χ4v) is 3.23. The van der Waals surface area contributed by atoms with Crippen molar-refractivity contribution in [2.45, 2.75) is 19.8 Å². The van der Waals surface area contributed by atoms with Gasteiger partial charge in [-0.3, -0.25) is 0 Å². The largest absolute Gasteiger partial charge is 0.462 e. The van der Waals surface area contributed by atoms with Crippen LogP contribution in [-0.4, -0.2) is 18.5 Å². The van der Waals surface area contributed by atoms with Crippen molar-refractivity contribution in [3.05, 3.63) is 98.6 Å². The van der Waals surface area contributed by atoms with E-state index < -0.39 is 5.97 Å². The zero-order valence-electron chi connectivity index (χ0n) is 16.1. The van der Waals surface area contributed by atoms with Crippen LogP contribution in [0.15, 0.2) is 72.8 Å². The number of carbonyl (C=O) groups excluding carboxylic acids is 2. The van der Waals surface area contributed by atoms with E-state index in [1.165, 1.54) is 5.56 Å². The van der Waals surface area contributed by atoms with Crippen LogP contribution in [0, 0.1) is 10.5 Å². The quantitative estimate of drug-likeness (QED) is 0.183. The molecular formula is C24H21IO4. The molecule has 148 valence electrons. The molecule has 0 saturated carbocycles. The summed E-state index contributed by atoms with van der Waals surface area (Å²) >= 11 is 2.18. The lowest BCUT2D eigenvalue weighted by atomic mass is 10.1. The second kappa shape index (κ2) is 10.2. The number of esters is 2. The molecule has 0 heterocycles. The highest BCUT2D eigenvalue weighted by Gasteiger charge is 2.12. The molecule has 4 nitrogen and oxygen atoms in total. The van der Waals surface area contributed by atoms with Crippen molar-refractivity contribution < 1.29 is 19.1 Å². The first kappa shape index (κ1) is 21.0. The molecule has 0 aliphatic carbocycles. The lowest BCUT2D eigenvalue weighted by Crippen LogP contribution is -2.10. The molecular weight excluding hydrogens is 479 g/mol. The minimum Gasteiger partial charge on any atom is -0.462 e. The van der Waals surface area contributed by atoms with E-state index in [2.05, 4.69) is 34.7 Å². The molecule has 0 spiro atoms. The van der Waals surface area contributed by atoms with Crippen molar-refractivity contribution in [3.63, 3.8) is 0 Å². The molecule has 0 unspecified atom stereocenters. The Bertz CT molecular complexity index is 982. The van der Waals surface area contributed by atoms with Crippen molar-refractivity contribution >= 4 is 34.5 Å². The van der Waals surface area contributed by atoms with E-state index in [1.54, 1.807) is 36.4 Å². The van der Waals surface area contributed by atoms with Gasteiger partial charge in [0.25, 0.3) is 0 Å². The topological polar surface area (TPSA) is 52.6 Å². The zero-order valence-corrected chi connectivity index (χ0v) is 18.2. The van der Waals surface area contributed by atoms with Gasteiger partial charge in [0.1, 0.15) is 5.75 Å². The van der Waals surface area contributed by atoms with Gasteiger partial charge in [-0.15, -0.1) is 0 Å². The summed E-state index contributed by atoms with van der Waals surface area (Å²) in [5, 5.41) is 0. The van der Waals surface area contributed by atoms with Crippen LogP contribution >= 0.6 is 22.6 Å². The van der Waals surface area contributed by atoms with Crippen LogP contribution in [0.5, 0.6) is 5.75 Å². The number of hydrogen-bond donors (Lipinski definition) is 0. The fourth-order valence-electron chi connectivity index (χ4n) is 2.71. The van der Waals surface area contributed by atoms with Crippen LogP contribution in [0.2, 0.25) is 0 Å². The SMILES string of the molecule is Cc1ccc(C(=O)Oc2ccc(C(=O)OCCCc3ccccc3)cc2)cc1I. The van der Waals surface area contributed by atoms with Gasteiger partial charge in [0.2, 0.25) is 0 Å². The van der Waals surface area contributed by atoms with Crippen molar-refractivity contribution in [2.75, 3.05) is 6.61 Å². The summed E-state index contributed by atoms with van der Waals surface area (Å²) < 4.78 is 11.7. The van der Waals surface area contributed by atoms with E-state index in [0.29, 0.717) is 23.5 Å². The highest BCUT2D eigenvalue weighted by Crippen LogP contribution is 2.18. The first-order valence-electron chi connectivity index (χ1n) is 9.32. The summed E-state index contributed by atoms with van der Waals surface area (Å²) in [6.07, 6.45) is 1.63. The zero-order chi connectivity index (χ0) is 20.6. The van der Waals surface area contributed by atoms with Crippen molar-refractivity contribution in [1.82, 2.24) is 0 Å². The predicted molar refractivity (Wildman–Crippen MR) is 120 cm³/mol. The molecule has 0 bridgehead atoms.